The van der Waals surface area contributed by atoms with Crippen molar-refractivity contribution in [3.8, 4) is 0 Å². The van der Waals surface area contributed by atoms with Crippen molar-refractivity contribution in [1.29, 1.82) is 0 Å². The topological polar surface area (TPSA) is 84.5 Å². The number of nitrogens with one attached hydrogen (secondary N) is 2. The predicted octanol–water partition coefficient (Wildman–Crippen LogP) is 2.88. The summed E-state index contributed by atoms with van der Waals surface area (Å²) < 4.78 is 4.97. The van der Waals surface area contributed by atoms with Crippen molar-refractivity contribution in [2.75, 3.05) is 6.61 Å². The second-order valence-corrected chi connectivity index (χ2v) is 6.39. The number of carbonyl (C=O) groups excluding carboxylic acids is 3. The lowest BCUT2D eigenvalue weighted by molar-refractivity contribution is -0.150. The molecule has 2 rings (SSSR count). The molecular weight excluding hydrogens is 368 g/mol. The molecule has 0 aromatic heterocycles. The Bertz CT molecular complexity index is 811. The Balaban J connectivity index is 1.80. The van der Waals surface area contributed by atoms with E-state index in [9.17, 15) is 14.4 Å². The fraction of sp³-hybridized carbons (Fsp3) is 0.250. The summed E-state index contributed by atoms with van der Waals surface area (Å²) in [5.41, 5.74) is 1.20. The maximum atomic E-state index is 12.1. The summed E-state index contributed by atoms with van der Waals surface area (Å²) in [5.74, 6) is -1.63. The van der Waals surface area contributed by atoms with Gasteiger partial charge in [-0.3, -0.25) is 9.59 Å². The van der Waals surface area contributed by atoms with Crippen molar-refractivity contribution in [1.82, 2.24) is 10.6 Å². The number of hydrogen-bond acceptors (Lipinski definition) is 4. The van der Waals surface area contributed by atoms with E-state index < -0.39 is 30.4 Å². The van der Waals surface area contributed by atoms with E-state index in [4.69, 9.17) is 16.3 Å². The lowest BCUT2D eigenvalue weighted by Crippen LogP contribution is -2.41. The third-order valence-electron chi connectivity index (χ3n) is 3.84. The molecule has 142 valence electrons. The van der Waals surface area contributed by atoms with E-state index in [0.717, 1.165) is 5.56 Å². The monoisotopic (exact) mass is 388 g/mol. The van der Waals surface area contributed by atoms with Crippen LogP contribution >= 0.6 is 11.6 Å². The van der Waals surface area contributed by atoms with Crippen molar-refractivity contribution < 1.29 is 19.1 Å². The first-order valence-corrected chi connectivity index (χ1v) is 8.82. The van der Waals surface area contributed by atoms with Gasteiger partial charge in [0, 0.05) is 0 Å². The van der Waals surface area contributed by atoms with Crippen LogP contribution in [0.5, 0.6) is 0 Å². The highest BCUT2D eigenvalue weighted by Gasteiger charge is 2.20. The van der Waals surface area contributed by atoms with Crippen molar-refractivity contribution >= 4 is 29.4 Å². The molecule has 0 bridgehead atoms. The van der Waals surface area contributed by atoms with Crippen LogP contribution in [0.25, 0.3) is 0 Å². The number of carbonyl (C=O) groups is 3. The molecule has 6 nitrogen and oxygen atoms in total. The van der Waals surface area contributed by atoms with Crippen molar-refractivity contribution in [3.63, 3.8) is 0 Å². The SMILES string of the molecule is C[C@H](NC(=O)c1ccccc1Cl)C(=O)OCC(=O)N[C@@H](C)c1ccccc1. The molecule has 0 unspecified atom stereocenters. The van der Waals surface area contributed by atoms with Gasteiger partial charge in [-0.25, -0.2) is 4.79 Å². The van der Waals surface area contributed by atoms with Gasteiger partial charge >= 0.3 is 5.97 Å². The molecule has 0 saturated carbocycles. The van der Waals surface area contributed by atoms with Crippen LogP contribution in [-0.2, 0) is 14.3 Å². The van der Waals surface area contributed by atoms with Gasteiger partial charge in [0.15, 0.2) is 6.61 Å². The molecule has 0 aliphatic carbocycles. The fourth-order valence-corrected chi connectivity index (χ4v) is 2.57. The third-order valence-corrected chi connectivity index (χ3v) is 4.17. The zero-order valence-electron chi connectivity index (χ0n) is 15.1. The number of halogens is 1. The molecule has 2 atom stereocenters. The third kappa shape index (κ3) is 6.11. The highest BCUT2D eigenvalue weighted by Crippen LogP contribution is 2.14. The standard InChI is InChI=1S/C20H21ClN2O4/c1-13(15-8-4-3-5-9-15)22-18(24)12-27-20(26)14(2)23-19(25)16-10-6-7-11-17(16)21/h3-11,13-14H,12H2,1-2H3,(H,22,24)(H,23,25)/t13-,14-/m0/s1. The largest absolute Gasteiger partial charge is 0.454 e. The summed E-state index contributed by atoms with van der Waals surface area (Å²) in [7, 11) is 0. The van der Waals surface area contributed by atoms with Crippen LogP contribution in [0.2, 0.25) is 5.02 Å². The highest BCUT2D eigenvalue weighted by molar-refractivity contribution is 6.33. The number of esters is 1. The van der Waals surface area contributed by atoms with E-state index >= 15 is 0 Å². The fourth-order valence-electron chi connectivity index (χ4n) is 2.35. The van der Waals surface area contributed by atoms with Crippen LogP contribution in [-0.4, -0.2) is 30.4 Å². The van der Waals surface area contributed by atoms with Crippen molar-refractivity contribution in [2.45, 2.75) is 25.9 Å². The molecule has 0 heterocycles. The normalized spacial score (nSPS) is 12.6. The predicted molar refractivity (Wildman–Crippen MR) is 102 cm³/mol. The summed E-state index contributed by atoms with van der Waals surface area (Å²) >= 11 is 5.95. The summed E-state index contributed by atoms with van der Waals surface area (Å²) in [6.45, 7) is 2.88. The Morgan fingerprint density at radius 1 is 0.963 bits per heavy atom. The minimum atomic E-state index is -0.923. The Kier molecular flexibility index (Phi) is 7.37. The zero-order valence-corrected chi connectivity index (χ0v) is 15.8. The van der Waals surface area contributed by atoms with Crippen LogP contribution in [0.15, 0.2) is 54.6 Å². The Hall–Kier alpha value is -2.86. The second-order valence-electron chi connectivity index (χ2n) is 5.98. The highest BCUT2D eigenvalue weighted by atomic mass is 35.5. The van der Waals surface area contributed by atoms with E-state index in [0.29, 0.717) is 0 Å². The molecule has 2 aromatic carbocycles. The average molecular weight is 389 g/mol. The van der Waals surface area contributed by atoms with Crippen molar-refractivity contribution in [2.24, 2.45) is 0 Å². The molecule has 0 radical (unpaired) electrons. The van der Waals surface area contributed by atoms with E-state index in [1.54, 1.807) is 24.3 Å². The zero-order chi connectivity index (χ0) is 19.8. The molecule has 0 fully saturated rings. The minimum Gasteiger partial charge on any atom is -0.454 e. The van der Waals surface area contributed by atoms with Gasteiger partial charge in [0.1, 0.15) is 6.04 Å². The Labute approximate surface area is 162 Å². The number of benzene rings is 2. The van der Waals surface area contributed by atoms with Crippen LogP contribution in [0.1, 0.15) is 35.8 Å². The average Bonchev–Trinajstić information content (AvgIpc) is 2.66. The summed E-state index contributed by atoms with van der Waals surface area (Å²) in [6, 6.07) is 14.8. The van der Waals surface area contributed by atoms with Crippen molar-refractivity contribution in [3.05, 3.63) is 70.7 Å². The Morgan fingerprint density at radius 2 is 1.59 bits per heavy atom. The van der Waals surface area contributed by atoms with E-state index in [2.05, 4.69) is 10.6 Å². The first-order chi connectivity index (χ1) is 12.9. The van der Waals surface area contributed by atoms with Crippen LogP contribution in [0.4, 0.5) is 0 Å². The van der Waals surface area contributed by atoms with Gasteiger partial charge < -0.3 is 15.4 Å². The number of ether oxygens (including phenoxy) is 1. The number of rotatable bonds is 7. The molecule has 2 N–H and O–H groups in total. The maximum Gasteiger partial charge on any atom is 0.328 e. The molecular formula is C20H21ClN2O4. The van der Waals surface area contributed by atoms with Gasteiger partial charge in [-0.05, 0) is 31.5 Å². The van der Waals surface area contributed by atoms with Crippen LogP contribution in [0, 0.1) is 0 Å². The van der Waals surface area contributed by atoms with E-state index in [-0.39, 0.29) is 16.6 Å². The van der Waals surface area contributed by atoms with E-state index in [1.807, 2.05) is 37.3 Å². The maximum absolute atomic E-state index is 12.1. The smallest absolute Gasteiger partial charge is 0.328 e. The number of hydrogen-bond donors (Lipinski definition) is 2. The lowest BCUT2D eigenvalue weighted by Gasteiger charge is -2.16. The Morgan fingerprint density at radius 3 is 2.26 bits per heavy atom. The van der Waals surface area contributed by atoms with Crippen LogP contribution < -0.4 is 10.6 Å². The molecule has 0 saturated heterocycles. The minimum absolute atomic E-state index is 0.213. The van der Waals surface area contributed by atoms with Gasteiger partial charge in [0.05, 0.1) is 16.6 Å². The van der Waals surface area contributed by atoms with Gasteiger partial charge in [0.2, 0.25) is 0 Å². The first-order valence-electron chi connectivity index (χ1n) is 8.45. The number of amides is 2. The van der Waals surface area contributed by atoms with E-state index in [1.165, 1.54) is 6.92 Å². The van der Waals surface area contributed by atoms with Gasteiger partial charge in [0.25, 0.3) is 11.8 Å². The second kappa shape index (κ2) is 9.73. The molecule has 0 spiro atoms. The summed E-state index contributed by atoms with van der Waals surface area (Å²) in [5, 5.41) is 5.52. The summed E-state index contributed by atoms with van der Waals surface area (Å²) in [6.07, 6.45) is 0. The molecule has 0 aliphatic heterocycles. The molecule has 7 heteroatoms. The molecule has 27 heavy (non-hydrogen) atoms. The summed E-state index contributed by atoms with van der Waals surface area (Å²) in [4.78, 5) is 36.1. The van der Waals surface area contributed by atoms with Gasteiger partial charge in [-0.1, -0.05) is 54.1 Å². The van der Waals surface area contributed by atoms with Gasteiger partial charge in [-0.2, -0.15) is 0 Å². The quantitative estimate of drug-likeness (QED) is 0.714. The molecule has 2 amide bonds. The lowest BCUT2D eigenvalue weighted by atomic mass is 10.1. The molecule has 0 aliphatic rings. The molecule has 2 aromatic rings. The first kappa shape index (κ1) is 20.5. The van der Waals surface area contributed by atoms with Crippen LogP contribution in [0.3, 0.4) is 0 Å². The van der Waals surface area contributed by atoms with Gasteiger partial charge in [-0.15, -0.1) is 0 Å².